The van der Waals surface area contributed by atoms with Gasteiger partial charge in [-0.3, -0.25) is 0 Å². The summed E-state index contributed by atoms with van der Waals surface area (Å²) in [5, 5.41) is 0. The average molecular weight is 180 g/mol. The Labute approximate surface area is 71.6 Å². The smallest absolute Gasteiger partial charge is 0.379 e. The molecular weight excluding hydrogens is 160 g/mol. The molecule has 0 aliphatic carbocycles. The molecule has 0 unspecified atom stereocenters. The van der Waals surface area contributed by atoms with E-state index in [2.05, 4.69) is 13.8 Å². The minimum absolute atomic E-state index is 1.32. The Morgan fingerprint density at radius 3 is 1.09 bits per heavy atom. The van der Waals surface area contributed by atoms with Crippen molar-refractivity contribution in [1.82, 2.24) is 0 Å². The van der Waals surface area contributed by atoms with E-state index >= 15 is 0 Å². The van der Waals surface area contributed by atoms with Crippen LogP contribution in [-0.2, 0) is 13.3 Å². The van der Waals surface area contributed by atoms with E-state index < -0.39 is 9.53 Å². The van der Waals surface area contributed by atoms with E-state index in [1.807, 2.05) is 0 Å². The Bertz CT molecular complexity index is 50.1. The maximum Gasteiger partial charge on any atom is 0.483 e. The van der Waals surface area contributed by atoms with Gasteiger partial charge in [0, 0.05) is 21.3 Å². The van der Waals surface area contributed by atoms with Crippen LogP contribution in [-0.4, -0.2) is 30.9 Å². The Balaban J connectivity index is 0. The Kier molecular flexibility index (Phi) is 15.8. The monoisotopic (exact) mass is 180 g/mol. The van der Waals surface area contributed by atoms with Crippen LogP contribution in [0, 0.1) is 0 Å². The summed E-state index contributed by atoms with van der Waals surface area (Å²) >= 11 is 0. The van der Waals surface area contributed by atoms with Crippen LogP contribution in [0.4, 0.5) is 0 Å². The molecule has 0 aliphatic heterocycles. The summed E-state index contributed by atoms with van der Waals surface area (Å²) in [7, 11) is 3.05. The lowest BCUT2D eigenvalue weighted by atomic mass is 10.4. The highest BCUT2D eigenvalue weighted by Crippen LogP contribution is 1.81. The van der Waals surface area contributed by atoms with Crippen molar-refractivity contribution in [2.24, 2.45) is 0 Å². The summed E-state index contributed by atoms with van der Waals surface area (Å²) in [5.74, 6) is 0. The molecule has 0 saturated heterocycles. The zero-order chi connectivity index (χ0) is 9.11. The lowest BCUT2D eigenvalue weighted by molar-refractivity contribution is 0.163. The zero-order valence-corrected chi connectivity index (χ0v) is 9.37. The topological polar surface area (TPSA) is 27.7 Å². The molecule has 0 aromatic rings. The van der Waals surface area contributed by atoms with Crippen molar-refractivity contribution >= 4 is 9.53 Å². The maximum atomic E-state index is 4.74. The molecule has 0 fully saturated rings. The third-order valence-corrected chi connectivity index (χ3v) is 2.23. The highest BCUT2D eigenvalue weighted by atomic mass is 28.3. The van der Waals surface area contributed by atoms with Gasteiger partial charge in [-0.05, 0) is 0 Å². The molecule has 70 valence electrons. The maximum absolute atomic E-state index is 4.74. The molecule has 0 N–H and O–H groups in total. The Morgan fingerprint density at radius 2 is 1.09 bits per heavy atom. The lowest BCUT2D eigenvalue weighted by Gasteiger charge is -2.05. The van der Waals surface area contributed by atoms with Crippen molar-refractivity contribution in [3.05, 3.63) is 0 Å². The van der Waals surface area contributed by atoms with Gasteiger partial charge in [-0.2, -0.15) is 0 Å². The summed E-state index contributed by atoms with van der Waals surface area (Å²) in [6.07, 6.45) is 2.64. The molecule has 0 aromatic heterocycles. The fourth-order valence-corrected chi connectivity index (χ4v) is 0.866. The Morgan fingerprint density at radius 1 is 0.818 bits per heavy atom. The summed E-state index contributed by atoms with van der Waals surface area (Å²) in [6.45, 7) is 4.36. The van der Waals surface area contributed by atoms with Gasteiger partial charge in [-0.15, -0.1) is 0 Å². The van der Waals surface area contributed by atoms with Crippen LogP contribution in [0.15, 0.2) is 0 Å². The summed E-state index contributed by atoms with van der Waals surface area (Å²) in [6, 6.07) is 0. The molecule has 0 aromatic carbocycles. The van der Waals surface area contributed by atoms with Crippen LogP contribution in [0.5, 0.6) is 0 Å². The van der Waals surface area contributed by atoms with Gasteiger partial charge >= 0.3 is 9.53 Å². The second-order valence-electron chi connectivity index (χ2n) is 2.00. The molecular formula is C7H20O3Si. The molecule has 0 radical (unpaired) electrons. The lowest BCUT2D eigenvalue weighted by Crippen LogP contribution is -2.21. The molecule has 11 heavy (non-hydrogen) atoms. The van der Waals surface area contributed by atoms with Crippen molar-refractivity contribution in [2.75, 3.05) is 21.3 Å². The Hall–Kier alpha value is 0.0969. The zero-order valence-electron chi connectivity index (χ0n) is 8.22. The van der Waals surface area contributed by atoms with Gasteiger partial charge < -0.3 is 13.3 Å². The minimum atomic E-state index is -1.67. The third-order valence-electron chi connectivity index (χ3n) is 1.08. The van der Waals surface area contributed by atoms with E-state index in [1.165, 1.54) is 12.8 Å². The molecule has 0 atom stereocenters. The minimum Gasteiger partial charge on any atom is -0.379 e. The van der Waals surface area contributed by atoms with Gasteiger partial charge in [0.1, 0.15) is 0 Å². The largest absolute Gasteiger partial charge is 0.483 e. The van der Waals surface area contributed by atoms with Crippen molar-refractivity contribution in [3.63, 3.8) is 0 Å². The second-order valence-corrected chi connectivity index (χ2v) is 3.99. The number of hydrogen-bond donors (Lipinski definition) is 0. The number of hydrogen-bond acceptors (Lipinski definition) is 3. The molecule has 4 heteroatoms. The van der Waals surface area contributed by atoms with Gasteiger partial charge in [-0.25, -0.2) is 0 Å². The van der Waals surface area contributed by atoms with E-state index in [0.717, 1.165) is 0 Å². The molecule has 0 saturated carbocycles. The molecule has 0 spiro atoms. The van der Waals surface area contributed by atoms with Gasteiger partial charge in [0.25, 0.3) is 0 Å². The highest BCUT2D eigenvalue weighted by Gasteiger charge is 2.04. The quantitative estimate of drug-likeness (QED) is 0.613. The summed E-state index contributed by atoms with van der Waals surface area (Å²) in [4.78, 5) is 0. The fourth-order valence-electron chi connectivity index (χ4n) is 0.289. The molecule has 0 rings (SSSR count). The first-order valence-electron chi connectivity index (χ1n) is 3.85. The summed E-state index contributed by atoms with van der Waals surface area (Å²) in [5.41, 5.74) is 0. The molecule has 0 amide bonds. The SMILES string of the molecule is CCCC.CO[SiH](OC)OC. The van der Waals surface area contributed by atoms with Crippen molar-refractivity contribution in [3.8, 4) is 0 Å². The van der Waals surface area contributed by atoms with Crippen molar-refractivity contribution in [1.29, 1.82) is 0 Å². The molecule has 0 heterocycles. The van der Waals surface area contributed by atoms with Gasteiger partial charge in [0.05, 0.1) is 0 Å². The van der Waals surface area contributed by atoms with Crippen molar-refractivity contribution < 1.29 is 13.3 Å². The number of rotatable bonds is 4. The first-order chi connectivity index (χ1) is 5.26. The van der Waals surface area contributed by atoms with Gasteiger partial charge in [-0.1, -0.05) is 26.7 Å². The first-order valence-corrected chi connectivity index (χ1v) is 5.26. The van der Waals surface area contributed by atoms with Crippen LogP contribution >= 0.6 is 0 Å². The van der Waals surface area contributed by atoms with E-state index in [-0.39, 0.29) is 0 Å². The second kappa shape index (κ2) is 12.7. The van der Waals surface area contributed by atoms with E-state index in [9.17, 15) is 0 Å². The fraction of sp³-hybridized carbons (Fsp3) is 1.00. The van der Waals surface area contributed by atoms with E-state index in [4.69, 9.17) is 13.3 Å². The van der Waals surface area contributed by atoms with Crippen molar-refractivity contribution in [2.45, 2.75) is 26.7 Å². The van der Waals surface area contributed by atoms with E-state index in [1.54, 1.807) is 21.3 Å². The van der Waals surface area contributed by atoms with E-state index in [0.29, 0.717) is 0 Å². The molecule has 0 bridgehead atoms. The highest BCUT2D eigenvalue weighted by molar-refractivity contribution is 6.36. The van der Waals surface area contributed by atoms with Crippen LogP contribution in [0.2, 0.25) is 0 Å². The van der Waals surface area contributed by atoms with Crippen LogP contribution in [0.3, 0.4) is 0 Å². The normalized spacial score (nSPS) is 9.27. The van der Waals surface area contributed by atoms with Crippen LogP contribution < -0.4 is 0 Å². The molecule has 0 aliphatic rings. The first kappa shape index (κ1) is 13.7. The predicted octanol–water partition coefficient (Wildman–Crippen LogP) is 1.45. The number of unbranched alkanes of at least 4 members (excludes halogenated alkanes) is 1. The third kappa shape index (κ3) is 13.1. The van der Waals surface area contributed by atoms with Gasteiger partial charge in [0.2, 0.25) is 0 Å². The van der Waals surface area contributed by atoms with Crippen LogP contribution in [0.1, 0.15) is 26.7 Å². The standard InChI is InChI=1S/C4H10.C3H10O3Si/c1-3-4-2;1-4-7(5-2)6-3/h3-4H2,1-2H3;7H,1-3H3. The summed E-state index contributed by atoms with van der Waals surface area (Å²) < 4.78 is 14.2. The molecule has 3 nitrogen and oxygen atoms in total. The predicted molar refractivity (Wildman–Crippen MR) is 48.8 cm³/mol. The van der Waals surface area contributed by atoms with Gasteiger partial charge in [0.15, 0.2) is 0 Å². The van der Waals surface area contributed by atoms with Crippen LogP contribution in [0.25, 0.3) is 0 Å². The average Bonchev–Trinajstić information content (AvgIpc) is 2.08.